The average molecular weight is 247 g/mol. The maximum Gasteiger partial charge on any atom is 0.0494 e. The summed E-state index contributed by atoms with van der Waals surface area (Å²) in [5.41, 5.74) is 2.68. The van der Waals surface area contributed by atoms with Crippen LogP contribution in [-0.2, 0) is 4.74 Å². The molecule has 0 bridgehead atoms. The molecule has 0 saturated heterocycles. The van der Waals surface area contributed by atoms with Crippen molar-refractivity contribution < 1.29 is 4.74 Å². The minimum atomic E-state index is 0.425. The van der Waals surface area contributed by atoms with E-state index in [0.717, 1.165) is 32.1 Å². The minimum absolute atomic E-state index is 0.425. The Morgan fingerprint density at radius 1 is 1.28 bits per heavy atom. The molecule has 1 saturated carbocycles. The Morgan fingerprint density at radius 3 is 2.67 bits per heavy atom. The number of rotatable bonds is 8. The largest absolute Gasteiger partial charge is 0.381 e. The maximum absolute atomic E-state index is 5.62. The van der Waals surface area contributed by atoms with Crippen molar-refractivity contribution in [2.24, 2.45) is 5.92 Å². The lowest BCUT2D eigenvalue weighted by Gasteiger charge is -2.14. The summed E-state index contributed by atoms with van der Waals surface area (Å²) in [6, 6.07) is 9.18. The molecule has 1 aliphatic rings. The van der Waals surface area contributed by atoms with Crippen LogP contribution in [0, 0.1) is 12.8 Å². The minimum Gasteiger partial charge on any atom is -0.381 e. The summed E-state index contributed by atoms with van der Waals surface area (Å²) in [6.45, 7) is 7.24. The third kappa shape index (κ3) is 4.79. The maximum atomic E-state index is 5.62. The SMILES string of the molecule is Cc1ccc(C(C)NCCCOCC2CC2)cc1. The molecule has 0 aliphatic heterocycles. The Kier molecular flexibility index (Phi) is 5.21. The zero-order valence-electron chi connectivity index (χ0n) is 11.6. The molecule has 0 amide bonds. The molecule has 0 radical (unpaired) electrons. The van der Waals surface area contributed by atoms with Crippen LogP contribution in [0.3, 0.4) is 0 Å². The molecule has 0 heterocycles. The summed E-state index contributed by atoms with van der Waals surface area (Å²) in [5.74, 6) is 0.879. The van der Waals surface area contributed by atoms with Gasteiger partial charge in [0.05, 0.1) is 0 Å². The van der Waals surface area contributed by atoms with E-state index >= 15 is 0 Å². The molecule has 1 N–H and O–H groups in total. The van der Waals surface area contributed by atoms with E-state index in [1.807, 2.05) is 0 Å². The van der Waals surface area contributed by atoms with Crippen LogP contribution in [0.25, 0.3) is 0 Å². The van der Waals surface area contributed by atoms with Crippen molar-refractivity contribution in [3.05, 3.63) is 35.4 Å². The van der Waals surface area contributed by atoms with Crippen molar-refractivity contribution in [1.29, 1.82) is 0 Å². The first-order valence-electron chi connectivity index (χ1n) is 7.13. The third-order valence-corrected chi connectivity index (χ3v) is 3.54. The van der Waals surface area contributed by atoms with Gasteiger partial charge in [0.15, 0.2) is 0 Å². The normalized spacial score (nSPS) is 16.8. The van der Waals surface area contributed by atoms with Crippen LogP contribution in [-0.4, -0.2) is 19.8 Å². The van der Waals surface area contributed by atoms with Crippen LogP contribution in [0.2, 0.25) is 0 Å². The Hall–Kier alpha value is -0.860. The predicted octanol–water partition coefficient (Wildman–Crippen LogP) is 3.46. The van der Waals surface area contributed by atoms with Crippen molar-refractivity contribution in [2.45, 2.75) is 39.2 Å². The summed E-state index contributed by atoms with van der Waals surface area (Å²) in [7, 11) is 0. The van der Waals surface area contributed by atoms with Crippen molar-refractivity contribution in [3.63, 3.8) is 0 Å². The molecule has 2 rings (SSSR count). The highest BCUT2D eigenvalue weighted by Crippen LogP contribution is 2.28. The molecule has 1 unspecified atom stereocenters. The molecule has 1 fully saturated rings. The smallest absolute Gasteiger partial charge is 0.0494 e. The van der Waals surface area contributed by atoms with E-state index in [0.29, 0.717) is 6.04 Å². The lowest BCUT2D eigenvalue weighted by Crippen LogP contribution is -2.21. The first-order valence-corrected chi connectivity index (χ1v) is 7.13. The van der Waals surface area contributed by atoms with Gasteiger partial charge in [-0.15, -0.1) is 0 Å². The van der Waals surface area contributed by atoms with Gasteiger partial charge in [-0.1, -0.05) is 29.8 Å². The molecule has 1 aromatic rings. The Balaban J connectivity index is 1.56. The quantitative estimate of drug-likeness (QED) is 0.710. The van der Waals surface area contributed by atoms with Gasteiger partial charge in [0.25, 0.3) is 0 Å². The van der Waals surface area contributed by atoms with Crippen LogP contribution >= 0.6 is 0 Å². The Bertz CT molecular complexity index is 343. The molecular formula is C16H25NO. The van der Waals surface area contributed by atoms with Gasteiger partial charge in [-0.25, -0.2) is 0 Å². The van der Waals surface area contributed by atoms with Gasteiger partial charge in [0.2, 0.25) is 0 Å². The van der Waals surface area contributed by atoms with E-state index in [-0.39, 0.29) is 0 Å². The highest BCUT2D eigenvalue weighted by atomic mass is 16.5. The topological polar surface area (TPSA) is 21.3 Å². The second-order valence-electron chi connectivity index (χ2n) is 5.46. The monoisotopic (exact) mass is 247 g/mol. The standard InChI is InChI=1S/C16H25NO/c1-13-4-8-16(9-5-13)14(2)17-10-3-11-18-12-15-6-7-15/h4-5,8-9,14-15,17H,3,6-7,10-12H2,1-2H3. The molecule has 100 valence electrons. The van der Waals surface area contributed by atoms with Gasteiger partial charge >= 0.3 is 0 Å². The van der Waals surface area contributed by atoms with Crippen LogP contribution in [0.4, 0.5) is 0 Å². The van der Waals surface area contributed by atoms with Crippen LogP contribution in [0.1, 0.15) is 43.4 Å². The number of benzene rings is 1. The first kappa shape index (κ1) is 13.6. The van der Waals surface area contributed by atoms with E-state index < -0.39 is 0 Å². The molecule has 1 aliphatic carbocycles. The summed E-state index contributed by atoms with van der Waals surface area (Å²) >= 11 is 0. The second-order valence-corrected chi connectivity index (χ2v) is 5.46. The highest BCUT2D eigenvalue weighted by Gasteiger charge is 2.20. The van der Waals surface area contributed by atoms with Crippen molar-refractivity contribution in [3.8, 4) is 0 Å². The van der Waals surface area contributed by atoms with Crippen LogP contribution in [0.5, 0.6) is 0 Å². The van der Waals surface area contributed by atoms with Gasteiger partial charge < -0.3 is 10.1 Å². The fourth-order valence-electron chi connectivity index (χ4n) is 2.00. The first-order chi connectivity index (χ1) is 8.75. The Labute approximate surface area is 111 Å². The van der Waals surface area contributed by atoms with Gasteiger partial charge in [0.1, 0.15) is 0 Å². The van der Waals surface area contributed by atoms with E-state index in [2.05, 4.69) is 43.4 Å². The van der Waals surface area contributed by atoms with Gasteiger partial charge in [0, 0.05) is 19.3 Å². The lowest BCUT2D eigenvalue weighted by atomic mass is 10.1. The molecule has 0 aromatic heterocycles. The van der Waals surface area contributed by atoms with Crippen molar-refractivity contribution >= 4 is 0 Å². The Morgan fingerprint density at radius 2 is 2.00 bits per heavy atom. The van der Waals surface area contributed by atoms with E-state index in [1.165, 1.54) is 24.0 Å². The molecule has 18 heavy (non-hydrogen) atoms. The zero-order chi connectivity index (χ0) is 12.8. The highest BCUT2D eigenvalue weighted by molar-refractivity contribution is 5.23. The fourth-order valence-corrected chi connectivity index (χ4v) is 2.00. The molecule has 2 heteroatoms. The van der Waals surface area contributed by atoms with E-state index in [1.54, 1.807) is 0 Å². The van der Waals surface area contributed by atoms with Gasteiger partial charge in [-0.3, -0.25) is 0 Å². The molecule has 1 aromatic carbocycles. The summed E-state index contributed by atoms with van der Waals surface area (Å²) in [5, 5.41) is 3.54. The van der Waals surface area contributed by atoms with Crippen LogP contribution < -0.4 is 5.32 Å². The van der Waals surface area contributed by atoms with Crippen LogP contribution in [0.15, 0.2) is 24.3 Å². The predicted molar refractivity (Wildman–Crippen MR) is 75.8 cm³/mol. The number of aryl methyl sites for hydroxylation is 1. The molecular weight excluding hydrogens is 222 g/mol. The van der Waals surface area contributed by atoms with Crippen molar-refractivity contribution in [1.82, 2.24) is 5.32 Å². The van der Waals surface area contributed by atoms with Gasteiger partial charge in [-0.05, 0) is 51.1 Å². The zero-order valence-corrected chi connectivity index (χ0v) is 11.6. The lowest BCUT2D eigenvalue weighted by molar-refractivity contribution is 0.121. The number of hydrogen-bond acceptors (Lipinski definition) is 2. The van der Waals surface area contributed by atoms with E-state index in [9.17, 15) is 0 Å². The average Bonchev–Trinajstić information content (AvgIpc) is 3.18. The molecule has 1 atom stereocenters. The number of nitrogens with one attached hydrogen (secondary N) is 1. The summed E-state index contributed by atoms with van der Waals surface area (Å²) in [4.78, 5) is 0. The summed E-state index contributed by atoms with van der Waals surface area (Å²) < 4.78 is 5.62. The second kappa shape index (κ2) is 6.91. The molecule has 0 spiro atoms. The van der Waals surface area contributed by atoms with E-state index in [4.69, 9.17) is 4.74 Å². The third-order valence-electron chi connectivity index (χ3n) is 3.54. The molecule has 2 nitrogen and oxygen atoms in total. The summed E-state index contributed by atoms with van der Waals surface area (Å²) in [6.07, 6.45) is 3.86. The number of hydrogen-bond donors (Lipinski definition) is 1. The van der Waals surface area contributed by atoms with Crippen molar-refractivity contribution in [2.75, 3.05) is 19.8 Å². The van der Waals surface area contributed by atoms with Gasteiger partial charge in [-0.2, -0.15) is 0 Å². The number of ether oxygens (including phenoxy) is 1. The fraction of sp³-hybridized carbons (Fsp3) is 0.625.